The Morgan fingerprint density at radius 1 is 1.39 bits per heavy atom. The third-order valence-corrected chi connectivity index (χ3v) is 3.69. The molecule has 0 saturated heterocycles. The van der Waals surface area contributed by atoms with Crippen LogP contribution in [0.25, 0.3) is 0 Å². The first-order valence-electron chi connectivity index (χ1n) is 6.33. The zero-order valence-electron chi connectivity index (χ0n) is 10.9. The van der Waals surface area contributed by atoms with Crippen LogP contribution >= 0.6 is 15.9 Å². The largest absolute Gasteiger partial charge is 0.396 e. The lowest BCUT2D eigenvalue weighted by atomic mass is 10.1. The third-order valence-electron chi connectivity index (χ3n) is 3.08. The van der Waals surface area contributed by atoms with Crippen molar-refractivity contribution in [3.05, 3.63) is 34.1 Å². The topological polar surface area (TPSA) is 32.3 Å². The Hall–Kier alpha value is -0.450. The summed E-state index contributed by atoms with van der Waals surface area (Å²) in [6, 6.07) is 5.29. The lowest BCUT2D eigenvalue weighted by molar-refractivity contribution is 0.227. The highest BCUT2D eigenvalue weighted by molar-refractivity contribution is 9.10. The van der Waals surface area contributed by atoms with E-state index < -0.39 is 0 Å². The maximum Gasteiger partial charge on any atom is 0.137 e. The second kappa shape index (κ2) is 7.87. The smallest absolute Gasteiger partial charge is 0.137 e. The van der Waals surface area contributed by atoms with Crippen LogP contribution in [0.3, 0.4) is 0 Å². The summed E-state index contributed by atoms with van der Waals surface area (Å²) in [4.78, 5) is 0. The van der Waals surface area contributed by atoms with Crippen LogP contribution in [0.15, 0.2) is 22.7 Å². The summed E-state index contributed by atoms with van der Waals surface area (Å²) in [7, 11) is 0. The number of rotatable bonds is 7. The van der Waals surface area contributed by atoms with Gasteiger partial charge >= 0.3 is 0 Å². The van der Waals surface area contributed by atoms with Gasteiger partial charge in [-0.2, -0.15) is 0 Å². The molecule has 2 N–H and O–H groups in total. The molecule has 0 aliphatic rings. The van der Waals surface area contributed by atoms with Crippen molar-refractivity contribution in [3.63, 3.8) is 0 Å². The molecule has 0 spiro atoms. The molecular formula is C14H21BrFNO. The first kappa shape index (κ1) is 15.6. The Balaban J connectivity index is 2.36. The van der Waals surface area contributed by atoms with Crippen molar-refractivity contribution in [1.82, 2.24) is 5.32 Å². The van der Waals surface area contributed by atoms with Gasteiger partial charge in [0.05, 0.1) is 4.47 Å². The van der Waals surface area contributed by atoms with Gasteiger partial charge in [0.25, 0.3) is 0 Å². The molecule has 18 heavy (non-hydrogen) atoms. The van der Waals surface area contributed by atoms with Crippen molar-refractivity contribution < 1.29 is 9.50 Å². The highest BCUT2D eigenvalue weighted by Crippen LogP contribution is 2.21. The lowest BCUT2D eigenvalue weighted by Gasteiger charge is -2.15. The number of benzene rings is 1. The van der Waals surface area contributed by atoms with Gasteiger partial charge in [-0.25, -0.2) is 4.39 Å². The number of hydrogen-bond donors (Lipinski definition) is 2. The molecule has 1 rings (SSSR count). The molecule has 0 saturated carbocycles. The van der Waals surface area contributed by atoms with E-state index in [2.05, 4.69) is 28.2 Å². The number of hydrogen-bond acceptors (Lipinski definition) is 2. The van der Waals surface area contributed by atoms with Crippen LogP contribution in [-0.2, 0) is 0 Å². The second-order valence-corrected chi connectivity index (χ2v) is 5.63. The minimum absolute atomic E-state index is 0.200. The summed E-state index contributed by atoms with van der Waals surface area (Å²) in [6.45, 7) is 5.26. The number of halogens is 2. The van der Waals surface area contributed by atoms with E-state index in [1.165, 1.54) is 6.07 Å². The van der Waals surface area contributed by atoms with E-state index in [1.54, 1.807) is 6.07 Å². The van der Waals surface area contributed by atoms with E-state index in [-0.39, 0.29) is 18.5 Å². The molecule has 2 unspecified atom stereocenters. The van der Waals surface area contributed by atoms with Gasteiger partial charge in [-0.15, -0.1) is 0 Å². The van der Waals surface area contributed by atoms with Crippen LogP contribution in [0.2, 0.25) is 0 Å². The Morgan fingerprint density at radius 2 is 2.11 bits per heavy atom. The summed E-state index contributed by atoms with van der Waals surface area (Å²) in [5.41, 5.74) is 1.07. The molecule has 102 valence electrons. The summed E-state index contributed by atoms with van der Waals surface area (Å²) < 4.78 is 13.6. The van der Waals surface area contributed by atoms with E-state index in [1.807, 2.05) is 13.0 Å². The first-order valence-corrected chi connectivity index (χ1v) is 7.13. The van der Waals surface area contributed by atoms with E-state index in [0.29, 0.717) is 10.4 Å². The molecule has 0 radical (unpaired) electrons. The molecule has 0 aromatic heterocycles. The third kappa shape index (κ3) is 5.04. The summed E-state index contributed by atoms with van der Waals surface area (Å²) in [5.74, 6) is 0.129. The van der Waals surface area contributed by atoms with E-state index in [0.717, 1.165) is 24.9 Å². The molecule has 0 aliphatic carbocycles. The Kier molecular flexibility index (Phi) is 6.82. The highest BCUT2D eigenvalue weighted by atomic mass is 79.9. The maximum atomic E-state index is 13.1. The molecular weight excluding hydrogens is 297 g/mol. The fourth-order valence-electron chi connectivity index (χ4n) is 1.76. The number of nitrogens with one attached hydrogen (secondary N) is 1. The summed E-state index contributed by atoms with van der Waals surface area (Å²) in [6.07, 6.45) is 2.05. The van der Waals surface area contributed by atoms with E-state index in [9.17, 15) is 4.39 Å². The monoisotopic (exact) mass is 317 g/mol. The van der Waals surface area contributed by atoms with Gasteiger partial charge in [0.1, 0.15) is 5.82 Å². The minimum Gasteiger partial charge on any atom is -0.396 e. The first-order chi connectivity index (χ1) is 8.54. The standard InChI is InChI=1S/C14H21BrFNO/c1-10(9-18)4-3-7-17-11(2)12-5-6-14(16)13(15)8-12/h5-6,8,10-11,17-18H,3-4,7,9H2,1-2H3. The highest BCUT2D eigenvalue weighted by Gasteiger charge is 2.07. The molecule has 1 aromatic carbocycles. The lowest BCUT2D eigenvalue weighted by Crippen LogP contribution is -2.20. The van der Waals surface area contributed by atoms with Gasteiger partial charge in [0.15, 0.2) is 0 Å². The average Bonchev–Trinajstić information content (AvgIpc) is 2.37. The van der Waals surface area contributed by atoms with Gasteiger partial charge in [0, 0.05) is 12.6 Å². The van der Waals surface area contributed by atoms with Gasteiger partial charge < -0.3 is 10.4 Å². The molecule has 0 heterocycles. The summed E-state index contributed by atoms with van der Waals surface area (Å²) >= 11 is 3.19. The maximum absolute atomic E-state index is 13.1. The van der Waals surface area contributed by atoms with Crippen LogP contribution in [0.5, 0.6) is 0 Å². The molecule has 4 heteroatoms. The molecule has 0 fully saturated rings. The van der Waals surface area contributed by atoms with Crippen LogP contribution in [-0.4, -0.2) is 18.3 Å². The number of aliphatic hydroxyl groups excluding tert-OH is 1. The zero-order valence-corrected chi connectivity index (χ0v) is 12.5. The van der Waals surface area contributed by atoms with Crippen molar-refractivity contribution in [2.75, 3.05) is 13.2 Å². The number of aliphatic hydroxyl groups is 1. The molecule has 0 aliphatic heterocycles. The van der Waals surface area contributed by atoms with Crippen LogP contribution in [0, 0.1) is 11.7 Å². The molecule has 0 bridgehead atoms. The second-order valence-electron chi connectivity index (χ2n) is 4.78. The SMILES string of the molecule is CC(CO)CCCNC(C)c1ccc(F)c(Br)c1. The fraction of sp³-hybridized carbons (Fsp3) is 0.571. The fourth-order valence-corrected chi connectivity index (χ4v) is 2.16. The predicted octanol–water partition coefficient (Wildman–Crippen LogP) is 3.65. The molecule has 2 nitrogen and oxygen atoms in total. The molecule has 0 amide bonds. The molecule has 2 atom stereocenters. The average molecular weight is 318 g/mol. The van der Waals surface area contributed by atoms with E-state index >= 15 is 0 Å². The van der Waals surface area contributed by atoms with Gasteiger partial charge in [0.2, 0.25) is 0 Å². The Morgan fingerprint density at radius 3 is 2.72 bits per heavy atom. The van der Waals surface area contributed by atoms with Gasteiger partial charge in [-0.3, -0.25) is 0 Å². The normalized spacial score (nSPS) is 14.5. The minimum atomic E-state index is -0.234. The Labute approximate surface area is 117 Å². The van der Waals surface area contributed by atoms with Crippen molar-refractivity contribution in [2.45, 2.75) is 32.7 Å². The van der Waals surface area contributed by atoms with E-state index in [4.69, 9.17) is 5.11 Å². The predicted molar refractivity (Wildman–Crippen MR) is 76.0 cm³/mol. The van der Waals surface area contributed by atoms with Crippen molar-refractivity contribution in [1.29, 1.82) is 0 Å². The Bertz CT molecular complexity index is 373. The van der Waals surface area contributed by atoms with Crippen molar-refractivity contribution in [3.8, 4) is 0 Å². The summed E-state index contributed by atoms with van der Waals surface area (Å²) in [5, 5.41) is 12.3. The quantitative estimate of drug-likeness (QED) is 0.752. The van der Waals surface area contributed by atoms with Crippen molar-refractivity contribution in [2.24, 2.45) is 5.92 Å². The van der Waals surface area contributed by atoms with Crippen LogP contribution in [0.1, 0.15) is 38.3 Å². The van der Waals surface area contributed by atoms with Gasteiger partial charge in [-0.1, -0.05) is 13.0 Å². The van der Waals surface area contributed by atoms with Gasteiger partial charge in [-0.05, 0) is 65.9 Å². The van der Waals surface area contributed by atoms with Crippen molar-refractivity contribution >= 4 is 15.9 Å². The molecule has 1 aromatic rings. The van der Waals surface area contributed by atoms with Crippen LogP contribution in [0.4, 0.5) is 4.39 Å². The van der Waals surface area contributed by atoms with Crippen LogP contribution < -0.4 is 5.32 Å². The zero-order chi connectivity index (χ0) is 13.5.